The van der Waals surface area contributed by atoms with Gasteiger partial charge in [-0.3, -0.25) is 0 Å². The van der Waals surface area contributed by atoms with E-state index in [-0.39, 0.29) is 0 Å². The van der Waals surface area contributed by atoms with Gasteiger partial charge in [-0.15, -0.1) is 11.3 Å². The lowest BCUT2D eigenvalue weighted by Crippen LogP contribution is -2.38. The Hall–Kier alpha value is -2.27. The summed E-state index contributed by atoms with van der Waals surface area (Å²) in [6.07, 6.45) is 1.01. The fourth-order valence-electron chi connectivity index (χ4n) is 2.37. The highest BCUT2D eigenvalue weighted by molar-refractivity contribution is 7.09. The van der Waals surface area contributed by atoms with Crippen LogP contribution in [0.4, 0.5) is 0 Å². The SMILES string of the molecule is CCNC(=NCc1cc2ccccc2o1)NCCc1cccs1. The molecule has 0 unspecified atom stereocenters. The number of para-hydroxylation sites is 1. The molecular weight excluding hydrogens is 306 g/mol. The number of furan rings is 1. The minimum atomic E-state index is 0.531. The van der Waals surface area contributed by atoms with Crippen molar-refractivity contribution >= 4 is 28.3 Å². The lowest BCUT2D eigenvalue weighted by molar-refractivity contribution is 0.551. The summed E-state index contributed by atoms with van der Waals surface area (Å²) in [5.41, 5.74) is 0.911. The zero-order chi connectivity index (χ0) is 15.9. The summed E-state index contributed by atoms with van der Waals surface area (Å²) in [5.74, 6) is 1.70. The second-order valence-corrected chi connectivity index (χ2v) is 6.23. The standard InChI is InChI=1S/C18H21N3OS/c1-2-19-18(20-10-9-16-7-5-11-23-16)21-13-15-12-14-6-3-4-8-17(14)22-15/h3-8,11-12H,2,9-10,13H2,1H3,(H2,19,20,21). The first-order valence-corrected chi connectivity index (χ1v) is 8.75. The first-order chi connectivity index (χ1) is 11.3. The van der Waals surface area contributed by atoms with E-state index in [4.69, 9.17) is 4.42 Å². The van der Waals surface area contributed by atoms with Crippen LogP contribution in [0, 0.1) is 0 Å². The summed E-state index contributed by atoms with van der Waals surface area (Å²) in [4.78, 5) is 5.98. The van der Waals surface area contributed by atoms with Gasteiger partial charge in [-0.1, -0.05) is 24.3 Å². The van der Waals surface area contributed by atoms with Crippen LogP contribution in [-0.2, 0) is 13.0 Å². The van der Waals surface area contributed by atoms with Crippen LogP contribution in [0.25, 0.3) is 11.0 Å². The van der Waals surface area contributed by atoms with Crippen molar-refractivity contribution in [1.82, 2.24) is 10.6 Å². The molecule has 0 saturated carbocycles. The molecule has 23 heavy (non-hydrogen) atoms. The molecule has 0 amide bonds. The summed E-state index contributed by atoms with van der Waals surface area (Å²) < 4.78 is 5.80. The van der Waals surface area contributed by atoms with Crippen molar-refractivity contribution in [3.63, 3.8) is 0 Å². The van der Waals surface area contributed by atoms with Crippen LogP contribution in [-0.4, -0.2) is 19.0 Å². The van der Waals surface area contributed by atoms with Crippen molar-refractivity contribution in [1.29, 1.82) is 0 Å². The summed E-state index contributed by atoms with van der Waals surface area (Å²) in [6.45, 7) is 4.30. The number of guanidine groups is 1. The van der Waals surface area contributed by atoms with Gasteiger partial charge >= 0.3 is 0 Å². The molecule has 0 fully saturated rings. The molecule has 0 atom stereocenters. The van der Waals surface area contributed by atoms with Crippen molar-refractivity contribution in [2.24, 2.45) is 4.99 Å². The molecule has 1 aromatic carbocycles. The van der Waals surface area contributed by atoms with Crippen LogP contribution in [0.5, 0.6) is 0 Å². The van der Waals surface area contributed by atoms with E-state index in [0.29, 0.717) is 6.54 Å². The van der Waals surface area contributed by atoms with Gasteiger partial charge in [-0.2, -0.15) is 0 Å². The van der Waals surface area contributed by atoms with Gasteiger partial charge in [0.05, 0.1) is 0 Å². The molecular formula is C18H21N3OS. The third-order valence-electron chi connectivity index (χ3n) is 3.46. The molecule has 0 aliphatic carbocycles. The van der Waals surface area contributed by atoms with Crippen LogP contribution in [0.15, 0.2) is 57.3 Å². The summed E-state index contributed by atoms with van der Waals surface area (Å²) in [6, 6.07) is 14.3. The Bertz CT molecular complexity index is 729. The molecule has 0 aliphatic heterocycles. The number of thiophene rings is 1. The molecule has 2 heterocycles. The predicted octanol–water partition coefficient (Wildman–Crippen LogP) is 3.79. The monoisotopic (exact) mass is 327 g/mol. The molecule has 0 spiro atoms. The van der Waals surface area contributed by atoms with Crippen molar-refractivity contribution in [3.05, 3.63) is 58.5 Å². The molecule has 3 rings (SSSR count). The summed E-state index contributed by atoms with van der Waals surface area (Å²) >= 11 is 1.79. The summed E-state index contributed by atoms with van der Waals surface area (Å²) in [5, 5.41) is 9.86. The van der Waals surface area contributed by atoms with Gasteiger partial charge in [0, 0.05) is 23.4 Å². The van der Waals surface area contributed by atoms with Crippen LogP contribution in [0.2, 0.25) is 0 Å². The Labute approximate surface area is 140 Å². The molecule has 0 bridgehead atoms. The number of benzene rings is 1. The lowest BCUT2D eigenvalue weighted by atomic mass is 10.2. The van der Waals surface area contributed by atoms with Gasteiger partial charge in [0.15, 0.2) is 5.96 Å². The molecule has 2 N–H and O–H groups in total. The van der Waals surface area contributed by atoms with Crippen molar-refractivity contribution in [3.8, 4) is 0 Å². The Morgan fingerprint density at radius 1 is 1.17 bits per heavy atom. The zero-order valence-electron chi connectivity index (χ0n) is 13.2. The second-order valence-electron chi connectivity index (χ2n) is 5.20. The lowest BCUT2D eigenvalue weighted by Gasteiger charge is -2.10. The molecule has 120 valence electrons. The largest absolute Gasteiger partial charge is 0.459 e. The first kappa shape index (κ1) is 15.6. The van der Waals surface area contributed by atoms with E-state index in [1.807, 2.05) is 24.3 Å². The Morgan fingerprint density at radius 3 is 2.87 bits per heavy atom. The quantitative estimate of drug-likeness (QED) is 0.535. The molecule has 3 aromatic rings. The molecule has 5 heteroatoms. The van der Waals surface area contributed by atoms with Crippen LogP contribution >= 0.6 is 11.3 Å². The highest BCUT2D eigenvalue weighted by atomic mass is 32.1. The van der Waals surface area contributed by atoms with E-state index in [1.165, 1.54) is 4.88 Å². The van der Waals surface area contributed by atoms with Gasteiger partial charge in [-0.25, -0.2) is 4.99 Å². The minimum Gasteiger partial charge on any atom is -0.459 e. The predicted molar refractivity (Wildman–Crippen MR) is 97.1 cm³/mol. The zero-order valence-corrected chi connectivity index (χ0v) is 14.0. The fourth-order valence-corrected chi connectivity index (χ4v) is 3.08. The fraction of sp³-hybridized carbons (Fsp3) is 0.278. The average Bonchev–Trinajstić information content (AvgIpc) is 3.21. The Morgan fingerprint density at radius 2 is 2.09 bits per heavy atom. The van der Waals surface area contributed by atoms with Crippen LogP contribution < -0.4 is 10.6 Å². The van der Waals surface area contributed by atoms with E-state index in [0.717, 1.165) is 42.2 Å². The molecule has 0 saturated heterocycles. The molecule has 0 aliphatic rings. The number of nitrogens with zero attached hydrogens (tertiary/aromatic N) is 1. The maximum absolute atomic E-state index is 5.80. The number of hydrogen-bond acceptors (Lipinski definition) is 3. The van der Waals surface area contributed by atoms with E-state index in [2.05, 4.69) is 46.1 Å². The maximum atomic E-state index is 5.80. The smallest absolute Gasteiger partial charge is 0.191 e. The highest BCUT2D eigenvalue weighted by Crippen LogP contribution is 2.19. The third kappa shape index (κ3) is 4.36. The van der Waals surface area contributed by atoms with Gasteiger partial charge in [0.1, 0.15) is 17.9 Å². The van der Waals surface area contributed by atoms with E-state index >= 15 is 0 Å². The van der Waals surface area contributed by atoms with E-state index in [9.17, 15) is 0 Å². The summed E-state index contributed by atoms with van der Waals surface area (Å²) in [7, 11) is 0. The van der Waals surface area contributed by atoms with Crippen molar-refractivity contribution in [2.45, 2.75) is 19.9 Å². The Balaban J connectivity index is 1.59. The molecule has 0 radical (unpaired) electrons. The van der Waals surface area contributed by atoms with Gasteiger partial charge in [-0.05, 0) is 36.9 Å². The number of hydrogen-bond donors (Lipinski definition) is 2. The second kappa shape index (κ2) is 7.83. The normalized spacial score (nSPS) is 11.8. The maximum Gasteiger partial charge on any atom is 0.191 e. The van der Waals surface area contributed by atoms with Gasteiger partial charge in [0.25, 0.3) is 0 Å². The van der Waals surface area contributed by atoms with Crippen LogP contribution in [0.3, 0.4) is 0 Å². The van der Waals surface area contributed by atoms with Crippen molar-refractivity contribution in [2.75, 3.05) is 13.1 Å². The van der Waals surface area contributed by atoms with Gasteiger partial charge in [0.2, 0.25) is 0 Å². The first-order valence-electron chi connectivity index (χ1n) is 7.87. The van der Waals surface area contributed by atoms with E-state index < -0.39 is 0 Å². The minimum absolute atomic E-state index is 0.531. The topological polar surface area (TPSA) is 49.6 Å². The Kier molecular flexibility index (Phi) is 5.32. The number of aliphatic imine (C=N–C) groups is 1. The van der Waals surface area contributed by atoms with Gasteiger partial charge < -0.3 is 15.1 Å². The van der Waals surface area contributed by atoms with E-state index in [1.54, 1.807) is 11.3 Å². The molecule has 2 aromatic heterocycles. The number of rotatable bonds is 6. The number of fused-ring (bicyclic) bond motifs is 1. The third-order valence-corrected chi connectivity index (χ3v) is 4.39. The average molecular weight is 327 g/mol. The number of nitrogens with one attached hydrogen (secondary N) is 2. The van der Waals surface area contributed by atoms with Crippen molar-refractivity contribution < 1.29 is 4.42 Å². The van der Waals surface area contributed by atoms with Crippen LogP contribution in [0.1, 0.15) is 17.6 Å². The molecule has 4 nitrogen and oxygen atoms in total. The highest BCUT2D eigenvalue weighted by Gasteiger charge is 2.03.